The quantitative estimate of drug-likeness (QED) is 0.802. The van der Waals surface area contributed by atoms with Crippen molar-refractivity contribution < 1.29 is 4.74 Å². The van der Waals surface area contributed by atoms with Crippen molar-refractivity contribution in [3.63, 3.8) is 0 Å². The molecule has 0 radical (unpaired) electrons. The molecule has 0 unspecified atom stereocenters. The molecule has 0 saturated carbocycles. The molecule has 90 valence electrons. The molecule has 0 spiro atoms. The summed E-state index contributed by atoms with van der Waals surface area (Å²) >= 11 is 0. The molecule has 6 heteroatoms. The first-order chi connectivity index (χ1) is 8.26. The van der Waals surface area contributed by atoms with Gasteiger partial charge in [-0.2, -0.15) is 5.10 Å². The number of aromatic nitrogens is 3. The van der Waals surface area contributed by atoms with E-state index in [1.54, 1.807) is 24.3 Å². The third-order valence-electron chi connectivity index (χ3n) is 2.33. The second-order valence-corrected chi connectivity index (χ2v) is 3.41. The molecule has 0 aliphatic carbocycles. The number of H-pyrrole nitrogens is 1. The first kappa shape index (κ1) is 11.4. The molecule has 0 aliphatic heterocycles. The van der Waals surface area contributed by atoms with Crippen LogP contribution in [0.2, 0.25) is 0 Å². The summed E-state index contributed by atoms with van der Waals surface area (Å²) in [6, 6.07) is 7.19. The van der Waals surface area contributed by atoms with E-state index in [0.29, 0.717) is 18.1 Å². The van der Waals surface area contributed by atoms with Crippen molar-refractivity contribution in [1.29, 1.82) is 0 Å². The average molecular weight is 234 g/mol. The summed E-state index contributed by atoms with van der Waals surface area (Å²) in [5.41, 5.74) is 5.93. The summed E-state index contributed by atoms with van der Waals surface area (Å²) < 4.78 is 6.77. The lowest BCUT2D eigenvalue weighted by molar-refractivity contribution is 0.340. The Balaban J connectivity index is 2.39. The standard InChI is InChI=1S/C11H14N4O2/c1-2-17-9-5-3-8(4-6-9)15-10(7-12)13-14-11(15)16/h3-6H,2,7,12H2,1H3,(H,14,16). The number of hydrogen-bond acceptors (Lipinski definition) is 4. The van der Waals surface area contributed by atoms with Gasteiger partial charge >= 0.3 is 5.69 Å². The van der Waals surface area contributed by atoms with E-state index >= 15 is 0 Å². The highest BCUT2D eigenvalue weighted by Crippen LogP contribution is 2.14. The summed E-state index contributed by atoms with van der Waals surface area (Å²) in [6.45, 7) is 2.73. The summed E-state index contributed by atoms with van der Waals surface area (Å²) in [4.78, 5) is 11.6. The van der Waals surface area contributed by atoms with E-state index in [1.165, 1.54) is 4.57 Å². The lowest BCUT2D eigenvalue weighted by Gasteiger charge is -2.06. The molecule has 1 aromatic heterocycles. The summed E-state index contributed by atoms with van der Waals surface area (Å²) in [6.07, 6.45) is 0. The van der Waals surface area contributed by atoms with Crippen LogP contribution in [0.15, 0.2) is 29.1 Å². The van der Waals surface area contributed by atoms with Crippen molar-refractivity contribution in [2.45, 2.75) is 13.5 Å². The van der Waals surface area contributed by atoms with Gasteiger partial charge in [0.2, 0.25) is 0 Å². The molecule has 6 nitrogen and oxygen atoms in total. The van der Waals surface area contributed by atoms with Gasteiger partial charge in [-0.25, -0.2) is 14.5 Å². The van der Waals surface area contributed by atoms with Crippen LogP contribution in [0.5, 0.6) is 5.75 Å². The van der Waals surface area contributed by atoms with Crippen LogP contribution in [-0.2, 0) is 6.54 Å². The fraction of sp³-hybridized carbons (Fsp3) is 0.273. The maximum absolute atomic E-state index is 11.6. The molecule has 17 heavy (non-hydrogen) atoms. The molecule has 1 aromatic carbocycles. The Morgan fingerprint density at radius 2 is 2.12 bits per heavy atom. The van der Waals surface area contributed by atoms with Crippen LogP contribution in [0.3, 0.4) is 0 Å². The topological polar surface area (TPSA) is 85.9 Å². The lowest BCUT2D eigenvalue weighted by atomic mass is 10.3. The van der Waals surface area contributed by atoms with Crippen molar-refractivity contribution in [2.24, 2.45) is 5.73 Å². The molecule has 0 atom stereocenters. The van der Waals surface area contributed by atoms with Gasteiger partial charge in [0.05, 0.1) is 18.8 Å². The Bertz CT molecular complexity index is 541. The van der Waals surface area contributed by atoms with Crippen LogP contribution in [0.1, 0.15) is 12.7 Å². The smallest absolute Gasteiger partial charge is 0.347 e. The highest BCUT2D eigenvalue weighted by atomic mass is 16.5. The van der Waals surface area contributed by atoms with E-state index in [9.17, 15) is 4.79 Å². The lowest BCUT2D eigenvalue weighted by Crippen LogP contribution is -2.18. The highest BCUT2D eigenvalue weighted by Gasteiger charge is 2.08. The SMILES string of the molecule is CCOc1ccc(-n2c(CN)n[nH]c2=O)cc1. The minimum atomic E-state index is -0.297. The first-order valence-corrected chi connectivity index (χ1v) is 5.36. The second-order valence-electron chi connectivity index (χ2n) is 3.41. The number of nitrogens with zero attached hydrogens (tertiary/aromatic N) is 2. The molecule has 0 fully saturated rings. The van der Waals surface area contributed by atoms with Gasteiger partial charge in [-0.3, -0.25) is 0 Å². The maximum Gasteiger partial charge on any atom is 0.347 e. The largest absolute Gasteiger partial charge is 0.494 e. The van der Waals surface area contributed by atoms with Crippen LogP contribution in [0, 0.1) is 0 Å². The molecule has 0 aliphatic rings. The minimum absolute atomic E-state index is 0.200. The summed E-state index contributed by atoms with van der Waals surface area (Å²) in [7, 11) is 0. The summed E-state index contributed by atoms with van der Waals surface area (Å²) in [5, 5.41) is 6.21. The zero-order valence-electron chi connectivity index (χ0n) is 9.51. The van der Waals surface area contributed by atoms with Crippen LogP contribution in [-0.4, -0.2) is 21.4 Å². The van der Waals surface area contributed by atoms with Crippen LogP contribution in [0.25, 0.3) is 5.69 Å². The molecule has 3 N–H and O–H groups in total. The number of aromatic amines is 1. The molecule has 1 heterocycles. The van der Waals surface area contributed by atoms with Crippen molar-refractivity contribution in [3.05, 3.63) is 40.6 Å². The van der Waals surface area contributed by atoms with Crippen molar-refractivity contribution in [1.82, 2.24) is 14.8 Å². The zero-order chi connectivity index (χ0) is 12.3. The Kier molecular flexibility index (Phi) is 3.24. The maximum atomic E-state index is 11.6. The summed E-state index contributed by atoms with van der Waals surface area (Å²) in [5.74, 6) is 1.27. The average Bonchev–Trinajstić information content (AvgIpc) is 2.72. The van der Waals surface area contributed by atoms with E-state index in [2.05, 4.69) is 10.2 Å². The molecule has 0 bridgehead atoms. The van der Waals surface area contributed by atoms with Gasteiger partial charge in [-0.15, -0.1) is 0 Å². The molecule has 0 amide bonds. The molecule has 0 saturated heterocycles. The third-order valence-corrected chi connectivity index (χ3v) is 2.33. The number of nitrogens with one attached hydrogen (secondary N) is 1. The highest BCUT2D eigenvalue weighted by molar-refractivity contribution is 5.37. The zero-order valence-corrected chi connectivity index (χ0v) is 9.51. The van der Waals surface area contributed by atoms with Gasteiger partial charge in [0.1, 0.15) is 5.75 Å². The molecule has 2 rings (SSSR count). The number of rotatable bonds is 4. The van der Waals surface area contributed by atoms with Crippen LogP contribution >= 0.6 is 0 Å². The van der Waals surface area contributed by atoms with Crippen LogP contribution in [0.4, 0.5) is 0 Å². The Morgan fingerprint density at radius 1 is 1.41 bits per heavy atom. The normalized spacial score (nSPS) is 10.5. The van der Waals surface area contributed by atoms with E-state index in [1.807, 2.05) is 6.92 Å². The molecular weight excluding hydrogens is 220 g/mol. The fourth-order valence-corrected chi connectivity index (χ4v) is 1.59. The predicted octanol–water partition coefficient (Wildman–Crippen LogP) is 0.418. The van der Waals surface area contributed by atoms with Gasteiger partial charge in [-0.1, -0.05) is 0 Å². The van der Waals surface area contributed by atoms with Crippen molar-refractivity contribution in [2.75, 3.05) is 6.61 Å². The number of nitrogens with two attached hydrogens (primary N) is 1. The first-order valence-electron chi connectivity index (χ1n) is 5.36. The third kappa shape index (κ3) is 2.21. The Morgan fingerprint density at radius 3 is 2.71 bits per heavy atom. The van der Waals surface area contributed by atoms with Gasteiger partial charge in [0.15, 0.2) is 5.82 Å². The number of benzene rings is 1. The van der Waals surface area contributed by atoms with Crippen molar-refractivity contribution in [3.8, 4) is 11.4 Å². The van der Waals surface area contributed by atoms with Gasteiger partial charge in [0, 0.05) is 0 Å². The van der Waals surface area contributed by atoms with E-state index < -0.39 is 0 Å². The molecule has 2 aromatic rings. The van der Waals surface area contributed by atoms with Crippen LogP contribution < -0.4 is 16.2 Å². The number of ether oxygens (including phenoxy) is 1. The van der Waals surface area contributed by atoms with Gasteiger partial charge < -0.3 is 10.5 Å². The monoisotopic (exact) mass is 234 g/mol. The molecular formula is C11H14N4O2. The number of hydrogen-bond donors (Lipinski definition) is 2. The van der Waals surface area contributed by atoms with Gasteiger partial charge in [0.25, 0.3) is 0 Å². The fourth-order valence-electron chi connectivity index (χ4n) is 1.59. The van der Waals surface area contributed by atoms with E-state index in [4.69, 9.17) is 10.5 Å². The van der Waals surface area contributed by atoms with E-state index in [-0.39, 0.29) is 12.2 Å². The van der Waals surface area contributed by atoms with Crippen molar-refractivity contribution >= 4 is 0 Å². The van der Waals surface area contributed by atoms with E-state index in [0.717, 1.165) is 5.75 Å². The Labute approximate surface area is 98.0 Å². The Hall–Kier alpha value is -2.08. The predicted molar refractivity (Wildman–Crippen MR) is 63.2 cm³/mol. The van der Waals surface area contributed by atoms with Gasteiger partial charge in [-0.05, 0) is 31.2 Å². The second kappa shape index (κ2) is 4.84. The minimum Gasteiger partial charge on any atom is -0.494 e.